The Hall–Kier alpha value is -2.04. The van der Waals surface area contributed by atoms with E-state index in [2.05, 4.69) is 5.32 Å². The number of hydrogen-bond donors (Lipinski definition) is 2. The maximum absolute atomic E-state index is 12.5. The Labute approximate surface area is 125 Å². The Bertz CT molecular complexity index is 499. The van der Waals surface area contributed by atoms with Crippen LogP contribution in [0.15, 0.2) is 24.3 Å². The summed E-state index contributed by atoms with van der Waals surface area (Å²) in [7, 11) is 0. The number of nitrogens with zero attached hydrogens (tertiary/aromatic N) is 1. The Morgan fingerprint density at radius 3 is 2.67 bits per heavy atom. The largest absolute Gasteiger partial charge is 0.352 e. The van der Waals surface area contributed by atoms with Gasteiger partial charge in [-0.05, 0) is 31.7 Å². The Morgan fingerprint density at radius 2 is 2.00 bits per heavy atom. The number of carbonyl (C=O) groups is 2. The molecule has 114 valence electrons. The fourth-order valence-electron chi connectivity index (χ4n) is 2.74. The highest BCUT2D eigenvalue weighted by molar-refractivity contribution is 5.79. The van der Waals surface area contributed by atoms with Crippen LogP contribution < -0.4 is 11.1 Å². The molecule has 0 aromatic heterocycles. The van der Waals surface area contributed by atoms with E-state index in [0.717, 1.165) is 31.4 Å². The van der Waals surface area contributed by atoms with E-state index in [0.29, 0.717) is 13.0 Å². The molecule has 5 heteroatoms. The third-order valence-corrected chi connectivity index (χ3v) is 3.94. The highest BCUT2D eigenvalue weighted by Crippen LogP contribution is 2.18. The molecule has 1 heterocycles. The number of urea groups is 1. The van der Waals surface area contributed by atoms with Gasteiger partial charge in [-0.2, -0.15) is 0 Å². The first-order chi connectivity index (χ1) is 10.1. The molecule has 1 aliphatic heterocycles. The second-order valence-electron chi connectivity index (χ2n) is 5.64. The molecule has 0 spiro atoms. The molecule has 0 radical (unpaired) electrons. The normalized spacial score (nSPS) is 18.3. The van der Waals surface area contributed by atoms with Crippen LogP contribution in [0.4, 0.5) is 4.79 Å². The first-order valence-electron chi connectivity index (χ1n) is 7.44. The quantitative estimate of drug-likeness (QED) is 0.883. The average molecular weight is 289 g/mol. The fraction of sp³-hybridized carbons (Fsp3) is 0.500. The van der Waals surface area contributed by atoms with Crippen LogP contribution in [0.5, 0.6) is 0 Å². The molecular weight excluding hydrogens is 266 g/mol. The van der Waals surface area contributed by atoms with Crippen molar-refractivity contribution in [3.63, 3.8) is 0 Å². The second-order valence-corrected chi connectivity index (χ2v) is 5.64. The van der Waals surface area contributed by atoms with Crippen molar-refractivity contribution < 1.29 is 9.59 Å². The van der Waals surface area contributed by atoms with Crippen molar-refractivity contribution >= 4 is 11.9 Å². The van der Waals surface area contributed by atoms with Crippen LogP contribution in [0.1, 0.15) is 30.4 Å². The molecule has 5 nitrogen and oxygen atoms in total. The summed E-state index contributed by atoms with van der Waals surface area (Å²) in [6.07, 6.45) is 3.43. The van der Waals surface area contributed by atoms with Gasteiger partial charge in [-0.25, -0.2) is 4.79 Å². The van der Waals surface area contributed by atoms with E-state index in [4.69, 9.17) is 5.73 Å². The minimum atomic E-state index is -0.536. The molecule has 0 saturated carbocycles. The van der Waals surface area contributed by atoms with Crippen LogP contribution in [0.25, 0.3) is 0 Å². The molecule has 21 heavy (non-hydrogen) atoms. The predicted octanol–water partition coefficient (Wildman–Crippen LogP) is 1.59. The Balaban J connectivity index is 1.97. The number of piperidine rings is 1. The van der Waals surface area contributed by atoms with E-state index in [1.54, 1.807) is 0 Å². The third kappa shape index (κ3) is 4.48. The van der Waals surface area contributed by atoms with Crippen molar-refractivity contribution in [2.75, 3.05) is 13.1 Å². The smallest absolute Gasteiger partial charge is 0.312 e. The van der Waals surface area contributed by atoms with Crippen molar-refractivity contribution in [3.8, 4) is 0 Å². The summed E-state index contributed by atoms with van der Waals surface area (Å²) >= 11 is 0. The number of primary amides is 1. The van der Waals surface area contributed by atoms with Crippen molar-refractivity contribution in [1.29, 1.82) is 0 Å². The van der Waals surface area contributed by atoms with E-state index >= 15 is 0 Å². The number of carbonyl (C=O) groups excluding carboxylic acids is 2. The molecule has 1 atom stereocenters. The standard InChI is InChI=1S/C16H23N3O2/c1-12-5-7-13(8-6-12)10-15(20)19-9-3-2-4-14(19)11-18-16(17)21/h5-8,14H,2-4,9-11H2,1H3,(H3,17,18,21). The third-order valence-electron chi connectivity index (χ3n) is 3.94. The number of rotatable bonds is 4. The first kappa shape index (κ1) is 15.4. The number of amides is 3. The first-order valence-corrected chi connectivity index (χ1v) is 7.44. The van der Waals surface area contributed by atoms with E-state index in [-0.39, 0.29) is 11.9 Å². The maximum Gasteiger partial charge on any atom is 0.312 e. The molecule has 1 aliphatic rings. The van der Waals surface area contributed by atoms with Gasteiger partial charge in [0.2, 0.25) is 5.91 Å². The SMILES string of the molecule is Cc1ccc(CC(=O)N2CCCCC2CNC(N)=O)cc1. The zero-order chi connectivity index (χ0) is 15.2. The van der Waals surface area contributed by atoms with Crippen LogP contribution in [0.3, 0.4) is 0 Å². The van der Waals surface area contributed by atoms with Crippen LogP contribution in [-0.4, -0.2) is 36.0 Å². The molecule has 1 saturated heterocycles. The van der Waals surface area contributed by atoms with Gasteiger partial charge in [0.25, 0.3) is 0 Å². The lowest BCUT2D eigenvalue weighted by Crippen LogP contribution is -2.50. The highest BCUT2D eigenvalue weighted by atomic mass is 16.2. The molecular formula is C16H23N3O2. The number of aryl methyl sites for hydroxylation is 1. The van der Waals surface area contributed by atoms with Gasteiger partial charge in [0.15, 0.2) is 0 Å². The number of nitrogens with two attached hydrogens (primary N) is 1. The van der Waals surface area contributed by atoms with Gasteiger partial charge >= 0.3 is 6.03 Å². The fourth-order valence-corrected chi connectivity index (χ4v) is 2.74. The zero-order valence-corrected chi connectivity index (χ0v) is 12.5. The Morgan fingerprint density at radius 1 is 1.29 bits per heavy atom. The lowest BCUT2D eigenvalue weighted by atomic mass is 10.0. The van der Waals surface area contributed by atoms with Gasteiger partial charge < -0.3 is 16.0 Å². The van der Waals surface area contributed by atoms with Gasteiger partial charge in [0.1, 0.15) is 0 Å². The summed E-state index contributed by atoms with van der Waals surface area (Å²) in [4.78, 5) is 25.2. The number of likely N-dealkylation sites (tertiary alicyclic amines) is 1. The van der Waals surface area contributed by atoms with E-state index in [9.17, 15) is 9.59 Å². The monoisotopic (exact) mass is 289 g/mol. The lowest BCUT2D eigenvalue weighted by Gasteiger charge is -2.36. The van der Waals surface area contributed by atoms with Gasteiger partial charge in [-0.1, -0.05) is 29.8 Å². The van der Waals surface area contributed by atoms with E-state index in [1.807, 2.05) is 36.1 Å². The van der Waals surface area contributed by atoms with Gasteiger partial charge in [0.05, 0.1) is 6.42 Å². The molecule has 2 rings (SSSR count). The summed E-state index contributed by atoms with van der Waals surface area (Å²) < 4.78 is 0. The van der Waals surface area contributed by atoms with Crippen LogP contribution >= 0.6 is 0 Å². The van der Waals surface area contributed by atoms with Gasteiger partial charge in [0, 0.05) is 19.1 Å². The summed E-state index contributed by atoms with van der Waals surface area (Å²) in [5, 5.41) is 2.62. The van der Waals surface area contributed by atoms with Crippen molar-refractivity contribution in [1.82, 2.24) is 10.2 Å². The van der Waals surface area contributed by atoms with Crippen molar-refractivity contribution in [2.24, 2.45) is 5.73 Å². The predicted molar refractivity (Wildman–Crippen MR) is 81.8 cm³/mol. The number of benzene rings is 1. The van der Waals surface area contributed by atoms with Gasteiger partial charge in [-0.15, -0.1) is 0 Å². The molecule has 3 N–H and O–H groups in total. The highest BCUT2D eigenvalue weighted by Gasteiger charge is 2.26. The van der Waals surface area contributed by atoms with Crippen molar-refractivity contribution in [3.05, 3.63) is 35.4 Å². The summed E-state index contributed by atoms with van der Waals surface area (Å²) in [6, 6.07) is 7.55. The van der Waals surface area contributed by atoms with E-state index in [1.165, 1.54) is 5.56 Å². The topological polar surface area (TPSA) is 75.4 Å². The Kier molecular flexibility index (Phi) is 5.20. The summed E-state index contributed by atoms with van der Waals surface area (Å²) in [6.45, 7) is 3.23. The lowest BCUT2D eigenvalue weighted by molar-refractivity contribution is -0.134. The summed E-state index contributed by atoms with van der Waals surface area (Å²) in [5.41, 5.74) is 7.33. The van der Waals surface area contributed by atoms with Gasteiger partial charge in [-0.3, -0.25) is 4.79 Å². The minimum Gasteiger partial charge on any atom is -0.352 e. The minimum absolute atomic E-state index is 0.0594. The van der Waals surface area contributed by atoms with Crippen LogP contribution in [-0.2, 0) is 11.2 Å². The molecule has 3 amide bonds. The number of nitrogens with one attached hydrogen (secondary N) is 1. The molecule has 1 fully saturated rings. The molecule has 1 unspecified atom stereocenters. The van der Waals surface area contributed by atoms with E-state index < -0.39 is 6.03 Å². The summed E-state index contributed by atoms with van der Waals surface area (Å²) in [5.74, 6) is 0.120. The maximum atomic E-state index is 12.5. The zero-order valence-electron chi connectivity index (χ0n) is 12.5. The average Bonchev–Trinajstić information content (AvgIpc) is 2.47. The molecule has 1 aromatic rings. The van der Waals surface area contributed by atoms with Crippen LogP contribution in [0.2, 0.25) is 0 Å². The molecule has 0 aliphatic carbocycles. The molecule has 1 aromatic carbocycles. The van der Waals surface area contributed by atoms with Crippen molar-refractivity contribution in [2.45, 2.75) is 38.6 Å². The molecule has 0 bridgehead atoms. The van der Waals surface area contributed by atoms with Crippen LogP contribution in [0, 0.1) is 6.92 Å². The second kappa shape index (κ2) is 7.11. The number of hydrogen-bond acceptors (Lipinski definition) is 2.